The minimum atomic E-state index is -0.0509. The molecule has 16 heavy (non-hydrogen) atoms. The van der Waals surface area contributed by atoms with Gasteiger partial charge in [-0.15, -0.1) is 0 Å². The second kappa shape index (κ2) is 5.33. The van der Waals surface area contributed by atoms with Crippen molar-refractivity contribution < 1.29 is 5.11 Å². The average molecular weight is 259 g/mol. The standard InChI is InChI=1S/C10H17N3OS2/c1-16-8-5-3-2-4-7(8)13-9(6-14)11-12-10(13)15/h7-8,14H,2-6H2,1H3,(H,12,15). The van der Waals surface area contributed by atoms with Gasteiger partial charge in [0.05, 0.1) is 0 Å². The summed E-state index contributed by atoms with van der Waals surface area (Å²) in [5.74, 6) is 0.663. The number of nitrogens with zero attached hydrogens (tertiary/aromatic N) is 2. The van der Waals surface area contributed by atoms with Crippen molar-refractivity contribution in [2.45, 2.75) is 43.6 Å². The lowest BCUT2D eigenvalue weighted by molar-refractivity contribution is 0.252. The van der Waals surface area contributed by atoms with Crippen LogP contribution in [0.3, 0.4) is 0 Å². The Hall–Kier alpha value is -0.330. The fourth-order valence-corrected chi connectivity index (χ4v) is 3.70. The lowest BCUT2D eigenvalue weighted by Gasteiger charge is -2.31. The van der Waals surface area contributed by atoms with Crippen molar-refractivity contribution in [2.24, 2.45) is 0 Å². The summed E-state index contributed by atoms with van der Waals surface area (Å²) in [5.41, 5.74) is 0. The molecule has 1 fully saturated rings. The SMILES string of the molecule is CSC1CCCCC1n1c(CO)n[nH]c1=S. The number of nitrogens with one attached hydrogen (secondary N) is 1. The van der Waals surface area contributed by atoms with Gasteiger partial charge in [-0.1, -0.05) is 12.8 Å². The molecule has 1 aliphatic rings. The predicted octanol–water partition coefficient (Wildman–Crippen LogP) is 2.28. The second-order valence-electron chi connectivity index (χ2n) is 4.10. The number of aromatic amines is 1. The van der Waals surface area contributed by atoms with E-state index in [1.807, 2.05) is 16.3 Å². The van der Waals surface area contributed by atoms with E-state index >= 15 is 0 Å². The Morgan fingerprint density at radius 2 is 2.31 bits per heavy atom. The van der Waals surface area contributed by atoms with Crippen molar-refractivity contribution >= 4 is 24.0 Å². The average Bonchev–Trinajstić information content (AvgIpc) is 2.70. The van der Waals surface area contributed by atoms with E-state index in [1.54, 1.807) is 0 Å². The fourth-order valence-electron chi connectivity index (χ4n) is 2.44. The first-order chi connectivity index (χ1) is 7.77. The molecular weight excluding hydrogens is 242 g/mol. The van der Waals surface area contributed by atoms with Crippen LogP contribution < -0.4 is 0 Å². The summed E-state index contributed by atoms with van der Waals surface area (Å²) in [6.45, 7) is -0.0509. The number of aliphatic hydroxyl groups is 1. The molecule has 6 heteroatoms. The normalized spacial score (nSPS) is 25.9. The Balaban J connectivity index is 2.33. The largest absolute Gasteiger partial charge is 0.388 e. The molecule has 1 heterocycles. The van der Waals surface area contributed by atoms with Crippen LogP contribution >= 0.6 is 24.0 Å². The Morgan fingerprint density at radius 1 is 1.56 bits per heavy atom. The minimum Gasteiger partial charge on any atom is -0.388 e. The topological polar surface area (TPSA) is 53.8 Å². The molecule has 1 aromatic rings. The third kappa shape index (κ3) is 2.19. The van der Waals surface area contributed by atoms with Crippen molar-refractivity contribution in [3.05, 3.63) is 10.6 Å². The van der Waals surface area contributed by atoms with E-state index in [-0.39, 0.29) is 6.61 Å². The lowest BCUT2D eigenvalue weighted by atomic mass is 9.94. The molecule has 0 radical (unpaired) electrons. The zero-order chi connectivity index (χ0) is 11.5. The van der Waals surface area contributed by atoms with Crippen molar-refractivity contribution in [3.63, 3.8) is 0 Å². The smallest absolute Gasteiger partial charge is 0.195 e. The minimum absolute atomic E-state index is 0.0509. The van der Waals surface area contributed by atoms with Gasteiger partial charge in [-0.2, -0.15) is 16.9 Å². The summed E-state index contributed by atoms with van der Waals surface area (Å²) in [6.07, 6.45) is 7.03. The Bertz CT molecular complexity index is 401. The van der Waals surface area contributed by atoms with E-state index in [0.717, 1.165) is 6.42 Å². The predicted molar refractivity (Wildman–Crippen MR) is 68.1 cm³/mol. The highest BCUT2D eigenvalue weighted by Crippen LogP contribution is 2.36. The maximum atomic E-state index is 9.26. The van der Waals surface area contributed by atoms with E-state index in [2.05, 4.69) is 16.5 Å². The van der Waals surface area contributed by atoms with Gasteiger partial charge in [0.25, 0.3) is 0 Å². The molecule has 0 spiro atoms. The maximum absolute atomic E-state index is 9.26. The maximum Gasteiger partial charge on any atom is 0.195 e. The Labute approximate surface area is 104 Å². The number of H-pyrrole nitrogens is 1. The summed E-state index contributed by atoms with van der Waals surface area (Å²) >= 11 is 7.13. The van der Waals surface area contributed by atoms with Crippen molar-refractivity contribution in [1.29, 1.82) is 0 Å². The molecule has 2 N–H and O–H groups in total. The van der Waals surface area contributed by atoms with Crippen LogP contribution in [0.2, 0.25) is 0 Å². The number of hydrogen-bond donors (Lipinski definition) is 2. The highest BCUT2D eigenvalue weighted by molar-refractivity contribution is 7.99. The van der Waals surface area contributed by atoms with Gasteiger partial charge in [-0.3, -0.25) is 9.67 Å². The van der Waals surface area contributed by atoms with Gasteiger partial charge in [0, 0.05) is 11.3 Å². The van der Waals surface area contributed by atoms with Crippen molar-refractivity contribution in [3.8, 4) is 0 Å². The zero-order valence-electron chi connectivity index (χ0n) is 9.35. The van der Waals surface area contributed by atoms with Crippen molar-refractivity contribution in [2.75, 3.05) is 6.26 Å². The zero-order valence-corrected chi connectivity index (χ0v) is 11.0. The van der Waals surface area contributed by atoms with Crippen LogP contribution in [0.4, 0.5) is 0 Å². The van der Waals surface area contributed by atoms with Gasteiger partial charge < -0.3 is 5.11 Å². The Morgan fingerprint density at radius 3 is 3.00 bits per heavy atom. The molecule has 1 aliphatic carbocycles. The molecule has 2 atom stereocenters. The molecule has 0 aliphatic heterocycles. The van der Waals surface area contributed by atoms with Crippen LogP contribution in [0.15, 0.2) is 0 Å². The van der Waals surface area contributed by atoms with Crippen LogP contribution in [0.5, 0.6) is 0 Å². The third-order valence-electron chi connectivity index (χ3n) is 3.22. The fraction of sp³-hybridized carbons (Fsp3) is 0.800. The van der Waals surface area contributed by atoms with Crippen molar-refractivity contribution in [1.82, 2.24) is 14.8 Å². The second-order valence-corrected chi connectivity index (χ2v) is 5.56. The van der Waals surface area contributed by atoms with E-state index in [4.69, 9.17) is 12.2 Å². The van der Waals surface area contributed by atoms with E-state index in [0.29, 0.717) is 21.9 Å². The molecule has 2 rings (SSSR count). The third-order valence-corrected chi connectivity index (χ3v) is 4.66. The van der Waals surface area contributed by atoms with Crippen LogP contribution in [-0.4, -0.2) is 31.4 Å². The number of rotatable bonds is 3. The van der Waals surface area contributed by atoms with Gasteiger partial charge in [0.15, 0.2) is 10.6 Å². The molecule has 1 aromatic heterocycles. The van der Waals surface area contributed by atoms with Gasteiger partial charge in [-0.25, -0.2) is 0 Å². The molecule has 90 valence electrons. The van der Waals surface area contributed by atoms with Crippen LogP contribution in [0.25, 0.3) is 0 Å². The summed E-state index contributed by atoms with van der Waals surface area (Å²) in [6, 6.07) is 0.386. The molecule has 2 unspecified atom stereocenters. The first kappa shape index (κ1) is 12.1. The van der Waals surface area contributed by atoms with E-state index < -0.39 is 0 Å². The molecule has 4 nitrogen and oxygen atoms in total. The highest BCUT2D eigenvalue weighted by Gasteiger charge is 2.28. The molecule has 0 bridgehead atoms. The van der Waals surface area contributed by atoms with Gasteiger partial charge in [0.2, 0.25) is 0 Å². The highest BCUT2D eigenvalue weighted by atomic mass is 32.2. The van der Waals surface area contributed by atoms with E-state index in [9.17, 15) is 5.11 Å². The van der Waals surface area contributed by atoms with Crippen LogP contribution in [0.1, 0.15) is 37.5 Å². The van der Waals surface area contributed by atoms with Gasteiger partial charge >= 0.3 is 0 Å². The Kier molecular flexibility index (Phi) is 4.05. The van der Waals surface area contributed by atoms with Crippen LogP contribution in [0, 0.1) is 4.77 Å². The summed E-state index contributed by atoms with van der Waals surface area (Å²) in [5, 5.41) is 16.7. The number of thioether (sulfide) groups is 1. The van der Waals surface area contributed by atoms with Gasteiger partial charge in [0.1, 0.15) is 6.61 Å². The number of aromatic nitrogens is 3. The summed E-state index contributed by atoms with van der Waals surface area (Å²) in [7, 11) is 0. The summed E-state index contributed by atoms with van der Waals surface area (Å²) < 4.78 is 2.64. The first-order valence-electron chi connectivity index (χ1n) is 5.57. The number of hydrogen-bond acceptors (Lipinski definition) is 4. The molecule has 0 aromatic carbocycles. The summed E-state index contributed by atoms with van der Waals surface area (Å²) in [4.78, 5) is 0. The molecule has 0 saturated heterocycles. The molecule has 0 amide bonds. The van der Waals surface area contributed by atoms with E-state index in [1.165, 1.54) is 19.3 Å². The van der Waals surface area contributed by atoms with Crippen LogP contribution in [-0.2, 0) is 6.61 Å². The quantitative estimate of drug-likeness (QED) is 0.818. The number of aliphatic hydroxyl groups excluding tert-OH is 1. The monoisotopic (exact) mass is 259 g/mol. The molecule has 1 saturated carbocycles. The molecular formula is C10H17N3OS2. The first-order valence-corrected chi connectivity index (χ1v) is 7.27. The lowest BCUT2D eigenvalue weighted by Crippen LogP contribution is -2.26. The van der Waals surface area contributed by atoms with Gasteiger partial charge in [-0.05, 0) is 31.3 Å².